The molecule has 0 radical (unpaired) electrons. The van der Waals surface area contributed by atoms with Crippen molar-refractivity contribution in [2.75, 3.05) is 13.1 Å². The zero-order chi connectivity index (χ0) is 12.5. The molecular weight excluding hydrogens is 269 g/mol. The maximum atomic E-state index is 6.00. The Morgan fingerprint density at radius 1 is 1.28 bits per heavy atom. The van der Waals surface area contributed by atoms with Crippen LogP contribution in [-0.4, -0.2) is 23.1 Å². The van der Waals surface area contributed by atoms with Gasteiger partial charge in [0.25, 0.3) is 0 Å². The van der Waals surface area contributed by atoms with Crippen LogP contribution in [0.25, 0.3) is 11.0 Å². The molecule has 1 aromatic heterocycles. The number of aromatic nitrogens is 2. The predicted octanol–water partition coefficient (Wildman–Crippen LogP) is 3.41. The van der Waals surface area contributed by atoms with Crippen LogP contribution in [0.3, 0.4) is 0 Å². The number of piperidine rings is 1. The van der Waals surface area contributed by atoms with Crippen molar-refractivity contribution in [1.29, 1.82) is 0 Å². The molecule has 0 amide bonds. The van der Waals surface area contributed by atoms with E-state index < -0.39 is 0 Å². The van der Waals surface area contributed by atoms with E-state index in [1.54, 1.807) is 0 Å². The first-order valence-corrected chi connectivity index (χ1v) is 7.02. The number of nitrogens with zero attached hydrogens (tertiary/aromatic N) is 1. The van der Waals surface area contributed by atoms with E-state index in [1.807, 2.05) is 12.1 Å². The SMILES string of the molecule is Clc1cc2nc(CC3CCCNC3)[nH]c2cc1Cl. The number of imidazole rings is 1. The molecule has 0 saturated carbocycles. The van der Waals surface area contributed by atoms with Crippen LogP contribution in [0.1, 0.15) is 18.7 Å². The second kappa shape index (κ2) is 5.08. The fourth-order valence-corrected chi connectivity index (χ4v) is 2.85. The van der Waals surface area contributed by atoms with E-state index in [-0.39, 0.29) is 0 Å². The van der Waals surface area contributed by atoms with Gasteiger partial charge in [0.1, 0.15) is 5.82 Å². The standard InChI is InChI=1S/C13H15Cl2N3/c14-9-5-11-12(6-10(9)15)18-13(17-11)4-8-2-1-3-16-7-8/h5-6,8,16H,1-4,7H2,(H,17,18). The van der Waals surface area contributed by atoms with E-state index in [0.29, 0.717) is 16.0 Å². The van der Waals surface area contributed by atoms with Crippen molar-refractivity contribution in [3.8, 4) is 0 Å². The molecule has 1 aromatic carbocycles. The van der Waals surface area contributed by atoms with Crippen LogP contribution >= 0.6 is 23.2 Å². The molecule has 0 bridgehead atoms. The average molecular weight is 284 g/mol. The maximum absolute atomic E-state index is 6.00. The van der Waals surface area contributed by atoms with Crippen molar-refractivity contribution < 1.29 is 0 Å². The molecule has 96 valence electrons. The van der Waals surface area contributed by atoms with E-state index in [9.17, 15) is 0 Å². The van der Waals surface area contributed by atoms with Crippen LogP contribution in [0.4, 0.5) is 0 Å². The highest BCUT2D eigenvalue weighted by Crippen LogP contribution is 2.27. The first-order chi connectivity index (χ1) is 8.72. The Bertz CT molecular complexity index is 520. The Kier molecular flexibility index (Phi) is 3.46. The minimum absolute atomic E-state index is 0.557. The highest BCUT2D eigenvalue weighted by Gasteiger charge is 2.15. The lowest BCUT2D eigenvalue weighted by Gasteiger charge is -2.21. The minimum Gasteiger partial charge on any atom is -0.342 e. The number of benzene rings is 1. The molecule has 1 unspecified atom stereocenters. The lowest BCUT2D eigenvalue weighted by Crippen LogP contribution is -2.31. The van der Waals surface area contributed by atoms with Crippen LogP contribution in [-0.2, 0) is 6.42 Å². The lowest BCUT2D eigenvalue weighted by atomic mass is 9.96. The van der Waals surface area contributed by atoms with Gasteiger partial charge < -0.3 is 10.3 Å². The van der Waals surface area contributed by atoms with Crippen molar-refractivity contribution >= 4 is 34.2 Å². The Morgan fingerprint density at radius 2 is 2.11 bits per heavy atom. The molecule has 2 N–H and O–H groups in total. The number of halogens is 2. The van der Waals surface area contributed by atoms with Gasteiger partial charge in [-0.15, -0.1) is 0 Å². The number of fused-ring (bicyclic) bond motifs is 1. The van der Waals surface area contributed by atoms with Crippen LogP contribution in [0, 0.1) is 5.92 Å². The van der Waals surface area contributed by atoms with Crippen LogP contribution in [0.2, 0.25) is 10.0 Å². The second-order valence-corrected chi connectivity index (χ2v) is 5.70. The van der Waals surface area contributed by atoms with E-state index in [0.717, 1.165) is 36.4 Å². The van der Waals surface area contributed by atoms with Crippen molar-refractivity contribution in [1.82, 2.24) is 15.3 Å². The molecule has 5 heteroatoms. The smallest absolute Gasteiger partial charge is 0.107 e. The molecule has 0 aliphatic carbocycles. The molecular formula is C13H15Cl2N3. The van der Waals surface area contributed by atoms with Crippen LogP contribution in [0.15, 0.2) is 12.1 Å². The molecule has 1 atom stereocenters. The van der Waals surface area contributed by atoms with Crippen molar-refractivity contribution in [2.45, 2.75) is 19.3 Å². The van der Waals surface area contributed by atoms with Crippen LogP contribution < -0.4 is 5.32 Å². The second-order valence-electron chi connectivity index (χ2n) is 4.88. The summed E-state index contributed by atoms with van der Waals surface area (Å²) in [4.78, 5) is 7.91. The van der Waals surface area contributed by atoms with Gasteiger partial charge in [0.2, 0.25) is 0 Å². The summed E-state index contributed by atoms with van der Waals surface area (Å²) < 4.78 is 0. The monoisotopic (exact) mass is 283 g/mol. The summed E-state index contributed by atoms with van der Waals surface area (Å²) >= 11 is 12.0. The number of H-pyrrole nitrogens is 1. The Morgan fingerprint density at radius 3 is 2.89 bits per heavy atom. The Balaban J connectivity index is 1.84. The molecule has 2 heterocycles. The molecule has 1 aliphatic rings. The van der Waals surface area contributed by atoms with Gasteiger partial charge >= 0.3 is 0 Å². The van der Waals surface area contributed by atoms with Crippen molar-refractivity contribution in [3.05, 3.63) is 28.0 Å². The predicted molar refractivity (Wildman–Crippen MR) is 75.4 cm³/mol. The van der Waals surface area contributed by atoms with Crippen molar-refractivity contribution in [2.24, 2.45) is 5.92 Å². The summed E-state index contributed by atoms with van der Waals surface area (Å²) in [6.07, 6.45) is 3.50. The molecule has 0 spiro atoms. The molecule has 18 heavy (non-hydrogen) atoms. The summed E-state index contributed by atoms with van der Waals surface area (Å²) in [6.45, 7) is 2.22. The number of nitrogens with one attached hydrogen (secondary N) is 2. The summed E-state index contributed by atoms with van der Waals surface area (Å²) in [5, 5.41) is 4.55. The van der Waals surface area contributed by atoms with Gasteiger partial charge in [0.05, 0.1) is 21.1 Å². The van der Waals surface area contributed by atoms with Gasteiger partial charge in [0.15, 0.2) is 0 Å². The van der Waals surface area contributed by atoms with Gasteiger partial charge in [-0.2, -0.15) is 0 Å². The van der Waals surface area contributed by atoms with Gasteiger partial charge in [-0.25, -0.2) is 4.98 Å². The minimum atomic E-state index is 0.557. The van der Waals surface area contributed by atoms with Crippen molar-refractivity contribution in [3.63, 3.8) is 0 Å². The fraction of sp³-hybridized carbons (Fsp3) is 0.462. The van der Waals surface area contributed by atoms with Gasteiger partial charge in [-0.05, 0) is 44.0 Å². The van der Waals surface area contributed by atoms with Gasteiger partial charge in [-0.1, -0.05) is 23.2 Å². The summed E-state index contributed by atoms with van der Waals surface area (Å²) in [5.41, 5.74) is 1.85. The third-order valence-electron chi connectivity index (χ3n) is 3.45. The number of aromatic amines is 1. The molecule has 2 aromatic rings. The first kappa shape index (κ1) is 12.3. The third kappa shape index (κ3) is 2.48. The third-order valence-corrected chi connectivity index (χ3v) is 4.18. The Hall–Kier alpha value is -0.770. The largest absolute Gasteiger partial charge is 0.342 e. The van der Waals surface area contributed by atoms with Gasteiger partial charge in [0, 0.05) is 6.42 Å². The fourth-order valence-electron chi connectivity index (χ4n) is 2.53. The summed E-state index contributed by atoms with van der Waals surface area (Å²) in [5.74, 6) is 1.70. The molecule has 1 saturated heterocycles. The normalized spacial score (nSPS) is 20.4. The molecule has 3 nitrogen and oxygen atoms in total. The van der Waals surface area contributed by atoms with E-state index >= 15 is 0 Å². The molecule has 1 fully saturated rings. The number of hydrogen-bond donors (Lipinski definition) is 2. The quantitative estimate of drug-likeness (QED) is 0.887. The lowest BCUT2D eigenvalue weighted by molar-refractivity contribution is 0.371. The zero-order valence-electron chi connectivity index (χ0n) is 9.97. The first-order valence-electron chi connectivity index (χ1n) is 6.27. The Labute approximate surface area is 116 Å². The zero-order valence-corrected chi connectivity index (χ0v) is 11.5. The average Bonchev–Trinajstić information content (AvgIpc) is 2.72. The molecule has 1 aliphatic heterocycles. The molecule has 3 rings (SSSR count). The highest BCUT2D eigenvalue weighted by molar-refractivity contribution is 6.42. The van der Waals surface area contributed by atoms with Gasteiger partial charge in [-0.3, -0.25) is 0 Å². The van der Waals surface area contributed by atoms with Crippen LogP contribution in [0.5, 0.6) is 0 Å². The number of hydrogen-bond acceptors (Lipinski definition) is 2. The highest BCUT2D eigenvalue weighted by atomic mass is 35.5. The summed E-state index contributed by atoms with van der Waals surface area (Å²) in [7, 11) is 0. The topological polar surface area (TPSA) is 40.7 Å². The van der Waals surface area contributed by atoms with E-state index in [2.05, 4.69) is 15.3 Å². The maximum Gasteiger partial charge on any atom is 0.107 e. The van der Waals surface area contributed by atoms with E-state index in [4.69, 9.17) is 23.2 Å². The van der Waals surface area contributed by atoms with E-state index in [1.165, 1.54) is 12.8 Å². The summed E-state index contributed by atoms with van der Waals surface area (Å²) in [6, 6.07) is 3.66. The number of rotatable bonds is 2.